The third-order valence-corrected chi connectivity index (χ3v) is 13.1. The van der Waals surface area contributed by atoms with Crippen LogP contribution < -0.4 is 9.80 Å². The van der Waals surface area contributed by atoms with Gasteiger partial charge >= 0.3 is 21.1 Å². The minimum absolute atomic E-state index is 0. The van der Waals surface area contributed by atoms with Gasteiger partial charge in [0.15, 0.2) is 0 Å². The molecule has 0 saturated carbocycles. The van der Waals surface area contributed by atoms with E-state index in [4.69, 9.17) is 9.10 Å². The van der Waals surface area contributed by atoms with Crippen molar-refractivity contribution < 1.29 is 25.2 Å². The van der Waals surface area contributed by atoms with E-state index in [9.17, 15) is 0 Å². The fourth-order valence-corrected chi connectivity index (χ4v) is 10.2. The van der Waals surface area contributed by atoms with Gasteiger partial charge in [-0.2, -0.15) is 36.4 Å². The molecule has 12 rings (SSSR count). The zero-order chi connectivity index (χ0) is 46.5. The number of pyridine rings is 1. The Kier molecular flexibility index (Phi) is 10.1. The van der Waals surface area contributed by atoms with Crippen LogP contribution >= 0.6 is 0 Å². The van der Waals surface area contributed by atoms with Crippen LogP contribution in [0.25, 0.3) is 61.0 Å². The average molecular weight is 1040 g/mol. The molecule has 0 amide bonds. The van der Waals surface area contributed by atoms with Crippen molar-refractivity contribution >= 4 is 38.9 Å². The summed E-state index contributed by atoms with van der Waals surface area (Å²) in [5, 5.41) is 2.16. The van der Waals surface area contributed by atoms with Crippen molar-refractivity contribution in [3.63, 3.8) is 0 Å². The van der Waals surface area contributed by atoms with E-state index >= 15 is 0 Å². The van der Waals surface area contributed by atoms with E-state index in [-0.39, 0.29) is 27.7 Å². The minimum atomic E-state index is -2.33. The first kappa shape index (κ1) is 38.5. The molecule has 0 bridgehead atoms. The van der Waals surface area contributed by atoms with E-state index < -0.39 is 12.4 Å². The maximum atomic E-state index is 8.43. The quantitative estimate of drug-likeness (QED) is 0.106. The molecule has 67 heavy (non-hydrogen) atoms. The smallest absolute Gasteiger partial charge is 0.355 e. The molecule has 11 aromatic rings. The Morgan fingerprint density at radius 2 is 1.09 bits per heavy atom. The van der Waals surface area contributed by atoms with Crippen LogP contribution in [0, 0.1) is 12.1 Å². The second-order valence-corrected chi connectivity index (χ2v) is 16.8. The predicted octanol–water partition coefficient (Wildman–Crippen LogP) is 14.7. The summed E-state index contributed by atoms with van der Waals surface area (Å²) >= 11 is 0. The van der Waals surface area contributed by atoms with Crippen LogP contribution in [0.1, 0.15) is 26.4 Å². The number of benzene rings is 9. The van der Waals surface area contributed by atoms with Gasteiger partial charge in [0.2, 0.25) is 0 Å². The number of anilines is 3. The van der Waals surface area contributed by atoms with E-state index in [1.807, 2.05) is 48.7 Å². The van der Waals surface area contributed by atoms with Gasteiger partial charge in [0.25, 0.3) is 0 Å². The van der Waals surface area contributed by atoms with Gasteiger partial charge in [0.1, 0.15) is 5.82 Å². The molecule has 0 saturated heterocycles. The Balaban J connectivity index is 0.00000533. The van der Waals surface area contributed by atoms with E-state index in [2.05, 4.69) is 210 Å². The van der Waals surface area contributed by atoms with Gasteiger partial charge in [0.05, 0.1) is 18.0 Å². The number of rotatable bonds is 9. The summed E-state index contributed by atoms with van der Waals surface area (Å²) in [7, 11) is 0. The number of hydrogen-bond acceptors (Lipinski definition) is 3. The van der Waals surface area contributed by atoms with Crippen molar-refractivity contribution in [2.75, 3.05) is 23.4 Å². The van der Waals surface area contributed by atoms with Crippen molar-refractivity contribution in [2.45, 2.75) is 5.41 Å². The molecule has 2 aromatic heterocycles. The summed E-state index contributed by atoms with van der Waals surface area (Å²) in [6, 6.07) is 88.2. The summed E-state index contributed by atoms with van der Waals surface area (Å²) in [6.45, 7) is -2.17. The SMILES string of the molecule is [2H]C([2H])([2H])N1CN(c2[c-]c(C(c3[c-]c4c(cc3)c3ccccc3n4-c3cc(-c4c(-c5ccccc5)cccc4-c4ccccc4)ccn3)(c3ccccc3)c3ccccc3)ccc2)c2ccccc21.[Pt+2]. The van der Waals surface area contributed by atoms with E-state index in [0.717, 1.165) is 94.6 Å². The topological polar surface area (TPSA) is 24.3 Å². The molecule has 5 heteroatoms. The molecule has 0 spiro atoms. The van der Waals surface area contributed by atoms with Crippen molar-refractivity contribution in [1.29, 1.82) is 0 Å². The van der Waals surface area contributed by atoms with Gasteiger partial charge in [0, 0.05) is 28.2 Å². The molecule has 3 heterocycles. The van der Waals surface area contributed by atoms with Crippen LogP contribution in [-0.2, 0) is 26.5 Å². The number of aromatic nitrogens is 2. The molecule has 0 N–H and O–H groups in total. The normalized spacial score (nSPS) is 13.2. The van der Waals surface area contributed by atoms with Crippen LogP contribution in [0.15, 0.2) is 237 Å². The standard InChI is InChI=1S/C62H44N4.Pt/c1-64-43-65(58-35-17-16-34-57(58)64)51-29-18-28-49(41-51)62(47-24-10-4-11-25-47,48-26-12-5-13-27-48)50-36-37-55-54-30-14-15-33-56(54)66(59(55)42-50)60-40-46(38-39-63-60)61-52(44-20-6-2-7-21-44)31-19-32-53(61)45-22-8-3-9-23-45;/h2-40H,43H2,1H3;/q-2;+2/i1D3;. The molecule has 0 fully saturated rings. The summed E-state index contributed by atoms with van der Waals surface area (Å²) in [5.74, 6) is 0.777. The van der Waals surface area contributed by atoms with Gasteiger partial charge in [-0.25, -0.2) is 4.98 Å². The Hall–Kier alpha value is -7.78. The third-order valence-electron chi connectivity index (χ3n) is 13.1. The minimum Gasteiger partial charge on any atom is -0.355 e. The zero-order valence-corrected chi connectivity index (χ0v) is 38.6. The van der Waals surface area contributed by atoms with Crippen LogP contribution in [0.5, 0.6) is 0 Å². The van der Waals surface area contributed by atoms with Gasteiger partial charge < -0.3 is 14.4 Å². The molecule has 1 aliphatic heterocycles. The van der Waals surface area contributed by atoms with Crippen molar-refractivity contribution in [1.82, 2.24) is 9.55 Å². The maximum Gasteiger partial charge on any atom is 2.00 e. The van der Waals surface area contributed by atoms with Crippen molar-refractivity contribution in [3.8, 4) is 39.2 Å². The van der Waals surface area contributed by atoms with Crippen LogP contribution in [-0.4, -0.2) is 23.2 Å². The van der Waals surface area contributed by atoms with Gasteiger partial charge in [-0.1, -0.05) is 181 Å². The average Bonchev–Trinajstić information content (AvgIpc) is 3.97. The Morgan fingerprint density at radius 3 is 1.76 bits per heavy atom. The number of fused-ring (bicyclic) bond motifs is 4. The fourth-order valence-electron chi connectivity index (χ4n) is 10.2. The Bertz CT molecular complexity index is 3560. The number of para-hydroxylation sites is 3. The predicted molar refractivity (Wildman–Crippen MR) is 273 cm³/mol. The van der Waals surface area contributed by atoms with E-state index in [1.54, 1.807) is 0 Å². The first-order valence-corrected chi connectivity index (χ1v) is 22.3. The Morgan fingerprint density at radius 1 is 0.507 bits per heavy atom. The first-order chi connectivity index (χ1) is 33.9. The van der Waals surface area contributed by atoms with Gasteiger partial charge in [-0.05, 0) is 80.2 Å². The van der Waals surface area contributed by atoms with Crippen LogP contribution in [0.4, 0.5) is 17.1 Å². The summed E-state index contributed by atoms with van der Waals surface area (Å²) < 4.78 is 27.6. The third kappa shape index (κ3) is 7.08. The molecule has 0 aliphatic carbocycles. The van der Waals surface area contributed by atoms with Gasteiger partial charge in [-0.3, -0.25) is 0 Å². The Labute approximate surface area is 410 Å². The van der Waals surface area contributed by atoms with Crippen molar-refractivity contribution in [3.05, 3.63) is 271 Å². The summed E-state index contributed by atoms with van der Waals surface area (Å²) in [4.78, 5) is 8.70. The molecule has 0 atom stereocenters. The largest absolute Gasteiger partial charge is 2.00 e. The molecule has 1 aliphatic rings. The molecule has 9 aromatic carbocycles. The number of hydrogen-bond donors (Lipinski definition) is 0. The van der Waals surface area contributed by atoms with E-state index in [1.165, 1.54) is 4.90 Å². The maximum absolute atomic E-state index is 8.43. The van der Waals surface area contributed by atoms with Crippen LogP contribution in [0.3, 0.4) is 0 Å². The van der Waals surface area contributed by atoms with Crippen LogP contribution in [0.2, 0.25) is 0 Å². The second kappa shape index (κ2) is 17.5. The molecule has 0 radical (unpaired) electrons. The molecule has 4 nitrogen and oxygen atoms in total. The molecular weight excluding hydrogens is 996 g/mol. The summed E-state index contributed by atoms with van der Waals surface area (Å²) in [6.07, 6.45) is 1.92. The van der Waals surface area contributed by atoms with E-state index in [0.29, 0.717) is 5.69 Å². The summed E-state index contributed by atoms with van der Waals surface area (Å²) in [5.41, 5.74) is 13.9. The zero-order valence-electron chi connectivity index (χ0n) is 39.3. The van der Waals surface area contributed by atoms with Crippen molar-refractivity contribution in [2.24, 2.45) is 0 Å². The monoisotopic (exact) mass is 1040 g/mol. The molecular formula is C62H44N4Pt. The first-order valence-electron chi connectivity index (χ1n) is 23.8. The fraction of sp³-hybridized carbons (Fsp3) is 0.0484. The van der Waals surface area contributed by atoms with Gasteiger partial charge in [-0.15, -0.1) is 22.6 Å². The molecule has 322 valence electrons. The molecule has 0 unspecified atom stereocenters. The number of nitrogens with zero attached hydrogens (tertiary/aromatic N) is 4. The second-order valence-electron chi connectivity index (χ2n) is 16.8.